The van der Waals surface area contributed by atoms with Gasteiger partial charge < -0.3 is 4.90 Å². The molecule has 404 valence electrons. The predicted octanol–water partition coefficient (Wildman–Crippen LogP) is 21.9. The van der Waals surface area contributed by atoms with Crippen molar-refractivity contribution < 1.29 is 0 Å². The molecule has 0 aromatic heterocycles. The van der Waals surface area contributed by atoms with Crippen LogP contribution >= 0.6 is 11.8 Å². The maximum atomic E-state index is 2.57. The van der Waals surface area contributed by atoms with E-state index in [-0.39, 0.29) is 10.8 Å². The number of fused-ring (bicyclic) bond motifs is 12. The van der Waals surface area contributed by atoms with Crippen LogP contribution in [0.5, 0.6) is 0 Å². The molecule has 12 aromatic carbocycles. The van der Waals surface area contributed by atoms with Crippen molar-refractivity contribution in [1.29, 1.82) is 0 Å². The van der Waals surface area contributed by atoms with Gasteiger partial charge in [-0.25, -0.2) is 0 Å². The third-order valence-electron chi connectivity index (χ3n) is 18.4. The van der Waals surface area contributed by atoms with Crippen molar-refractivity contribution >= 4 is 28.8 Å². The average molecular weight is 1100 g/mol. The largest absolute Gasteiger partial charge is 0.309 e. The van der Waals surface area contributed by atoms with Gasteiger partial charge in [0.2, 0.25) is 0 Å². The van der Waals surface area contributed by atoms with E-state index in [1.54, 1.807) is 0 Å². The standard InChI is InChI=1S/C82H65NS/c1-79(2,3)60-43-46-66-67-47-44-61(80(4,5)6)52-72(67)82(71(66)51-60)70-34-20-23-37-77(70)84-78-49-42-57(50-74(78)82)64-31-18-22-36-76(64)83(75-35-21-17-30-63(75)56-40-38-55(39-41-56)54-24-10-7-11-25-54)62-45-48-68-65-32-16-19-33-69(65)81(73(68)53-62,58-26-12-8-13-27-58)59-28-14-9-15-29-59/h7-53H,1-6H3. The predicted molar refractivity (Wildman–Crippen MR) is 354 cm³/mol. The third-order valence-corrected chi connectivity index (χ3v) is 19.5. The molecule has 0 radical (unpaired) electrons. The molecule has 0 amide bonds. The van der Waals surface area contributed by atoms with Gasteiger partial charge in [-0.1, -0.05) is 296 Å². The molecule has 0 N–H and O–H groups in total. The maximum absolute atomic E-state index is 2.57. The van der Waals surface area contributed by atoms with Crippen LogP contribution < -0.4 is 4.90 Å². The van der Waals surface area contributed by atoms with Crippen LogP contribution in [0.3, 0.4) is 0 Å². The molecule has 0 bridgehead atoms. The molecule has 0 saturated heterocycles. The second kappa shape index (κ2) is 19.7. The fourth-order valence-electron chi connectivity index (χ4n) is 14.3. The van der Waals surface area contributed by atoms with Gasteiger partial charge in [0.15, 0.2) is 0 Å². The number of rotatable bonds is 8. The Labute approximate surface area is 500 Å². The summed E-state index contributed by atoms with van der Waals surface area (Å²) in [5, 5.41) is 0. The molecular formula is C82H65NS. The van der Waals surface area contributed by atoms with Gasteiger partial charge in [-0.2, -0.15) is 0 Å². The van der Waals surface area contributed by atoms with Gasteiger partial charge in [0.1, 0.15) is 0 Å². The summed E-state index contributed by atoms with van der Waals surface area (Å²) in [4.78, 5) is 5.15. The lowest BCUT2D eigenvalue weighted by Gasteiger charge is -2.41. The van der Waals surface area contributed by atoms with Crippen molar-refractivity contribution in [3.05, 3.63) is 341 Å². The zero-order valence-electron chi connectivity index (χ0n) is 48.5. The summed E-state index contributed by atoms with van der Waals surface area (Å²) in [6.07, 6.45) is 0. The summed E-state index contributed by atoms with van der Waals surface area (Å²) in [7, 11) is 0. The molecule has 84 heavy (non-hydrogen) atoms. The van der Waals surface area contributed by atoms with Crippen LogP contribution in [-0.4, -0.2) is 0 Å². The summed E-state index contributed by atoms with van der Waals surface area (Å²) >= 11 is 1.91. The van der Waals surface area contributed by atoms with Gasteiger partial charge >= 0.3 is 0 Å². The van der Waals surface area contributed by atoms with Crippen molar-refractivity contribution in [3.8, 4) is 55.6 Å². The number of hydrogen-bond donors (Lipinski definition) is 0. The molecule has 1 aliphatic heterocycles. The average Bonchev–Trinajstić information content (AvgIpc) is 3.24. The molecule has 1 spiro atoms. The van der Waals surface area contributed by atoms with Crippen molar-refractivity contribution in [2.45, 2.75) is 73.0 Å². The number of benzene rings is 12. The fraction of sp³-hybridized carbons (Fsp3) is 0.122. The number of para-hydroxylation sites is 2. The quantitative estimate of drug-likeness (QED) is 0.149. The summed E-state index contributed by atoms with van der Waals surface area (Å²) in [6.45, 7) is 14.1. The van der Waals surface area contributed by atoms with Gasteiger partial charge in [-0.05, 0) is 153 Å². The van der Waals surface area contributed by atoms with E-state index < -0.39 is 10.8 Å². The monoisotopic (exact) mass is 1100 g/mol. The van der Waals surface area contributed by atoms with E-state index in [1.165, 1.54) is 104 Å². The van der Waals surface area contributed by atoms with Crippen LogP contribution in [0.25, 0.3) is 55.6 Å². The van der Waals surface area contributed by atoms with Crippen molar-refractivity contribution in [1.82, 2.24) is 0 Å². The summed E-state index contributed by atoms with van der Waals surface area (Å²) in [6, 6.07) is 108. The second-order valence-corrected chi connectivity index (χ2v) is 26.2. The van der Waals surface area contributed by atoms with Gasteiger partial charge in [0.25, 0.3) is 0 Å². The Morgan fingerprint density at radius 1 is 0.274 bits per heavy atom. The first-order valence-corrected chi connectivity index (χ1v) is 30.5. The molecule has 15 rings (SSSR count). The molecule has 0 saturated carbocycles. The zero-order chi connectivity index (χ0) is 57.0. The highest BCUT2D eigenvalue weighted by atomic mass is 32.2. The lowest BCUT2D eigenvalue weighted by Crippen LogP contribution is -2.33. The molecule has 2 aliphatic carbocycles. The molecular weight excluding hydrogens is 1030 g/mol. The molecule has 0 atom stereocenters. The first kappa shape index (κ1) is 51.7. The van der Waals surface area contributed by atoms with E-state index in [0.29, 0.717) is 0 Å². The first-order chi connectivity index (χ1) is 40.9. The van der Waals surface area contributed by atoms with E-state index in [1.807, 2.05) is 11.8 Å². The van der Waals surface area contributed by atoms with E-state index >= 15 is 0 Å². The highest BCUT2D eigenvalue weighted by molar-refractivity contribution is 7.99. The lowest BCUT2D eigenvalue weighted by atomic mass is 9.65. The second-order valence-electron chi connectivity index (χ2n) is 25.2. The Morgan fingerprint density at radius 3 is 1.27 bits per heavy atom. The summed E-state index contributed by atoms with van der Waals surface area (Å²) in [5.74, 6) is 0. The van der Waals surface area contributed by atoms with E-state index in [4.69, 9.17) is 0 Å². The van der Waals surface area contributed by atoms with E-state index in [9.17, 15) is 0 Å². The molecule has 12 aromatic rings. The van der Waals surface area contributed by atoms with Crippen molar-refractivity contribution in [3.63, 3.8) is 0 Å². The molecule has 0 fully saturated rings. The summed E-state index contributed by atoms with van der Waals surface area (Å²) < 4.78 is 0. The molecule has 1 heterocycles. The van der Waals surface area contributed by atoms with Gasteiger partial charge in [-0.3, -0.25) is 0 Å². The van der Waals surface area contributed by atoms with Gasteiger partial charge in [0.05, 0.1) is 22.2 Å². The van der Waals surface area contributed by atoms with Crippen LogP contribution in [0.15, 0.2) is 295 Å². The first-order valence-electron chi connectivity index (χ1n) is 29.6. The Bertz CT molecular complexity index is 4420. The van der Waals surface area contributed by atoms with Gasteiger partial charge in [-0.15, -0.1) is 0 Å². The Kier molecular flexibility index (Phi) is 12.1. The highest BCUT2D eigenvalue weighted by Gasteiger charge is 2.52. The van der Waals surface area contributed by atoms with Crippen LogP contribution in [-0.2, 0) is 21.7 Å². The summed E-state index contributed by atoms with van der Waals surface area (Å²) in [5.41, 5.74) is 27.3. The Hall–Kier alpha value is -9.21. The lowest BCUT2D eigenvalue weighted by molar-refractivity contribution is 0.585. The molecule has 1 nitrogen and oxygen atoms in total. The van der Waals surface area contributed by atoms with Crippen molar-refractivity contribution in [2.75, 3.05) is 4.90 Å². The smallest absolute Gasteiger partial charge is 0.0735 e. The van der Waals surface area contributed by atoms with Crippen LogP contribution in [0.4, 0.5) is 17.1 Å². The third kappa shape index (κ3) is 7.98. The number of hydrogen-bond acceptors (Lipinski definition) is 2. The molecule has 3 aliphatic rings. The minimum atomic E-state index is -0.587. The Balaban J connectivity index is 0.992. The van der Waals surface area contributed by atoms with Crippen LogP contribution in [0.2, 0.25) is 0 Å². The molecule has 2 heteroatoms. The van der Waals surface area contributed by atoms with E-state index in [2.05, 4.69) is 332 Å². The SMILES string of the molecule is CC(C)(C)c1ccc2c(c1)C1(c3ccccc3Sc3ccc(-c4ccccc4N(c4ccc5c(c4)C(c4ccccc4)(c4ccccc4)c4ccccc4-5)c4ccccc4-c4ccc(-c5ccccc5)cc4)cc31)c1cc(C(C)(C)C)ccc1-2. The molecule has 0 unspecified atom stereocenters. The topological polar surface area (TPSA) is 3.24 Å². The number of anilines is 3. The van der Waals surface area contributed by atoms with Gasteiger partial charge in [0, 0.05) is 26.6 Å². The minimum Gasteiger partial charge on any atom is -0.309 e. The zero-order valence-corrected chi connectivity index (χ0v) is 49.3. The highest BCUT2D eigenvalue weighted by Crippen LogP contribution is 2.64. The maximum Gasteiger partial charge on any atom is 0.0735 e. The fourth-order valence-corrected chi connectivity index (χ4v) is 15.5. The van der Waals surface area contributed by atoms with E-state index in [0.717, 1.165) is 33.8 Å². The normalized spacial score (nSPS) is 14.0. The van der Waals surface area contributed by atoms with Crippen LogP contribution in [0.1, 0.15) is 97.2 Å². The Morgan fingerprint density at radius 2 is 0.690 bits per heavy atom. The number of nitrogens with zero attached hydrogens (tertiary/aromatic N) is 1. The van der Waals surface area contributed by atoms with Crippen molar-refractivity contribution in [2.24, 2.45) is 0 Å². The van der Waals surface area contributed by atoms with Crippen LogP contribution in [0, 0.1) is 0 Å². The minimum absolute atomic E-state index is 0.0556.